The molecule has 0 spiro atoms. The van der Waals surface area contributed by atoms with Crippen LogP contribution in [0.4, 0.5) is 0 Å². The van der Waals surface area contributed by atoms with E-state index in [-0.39, 0.29) is 6.61 Å². The van der Waals surface area contributed by atoms with Gasteiger partial charge in [-0.3, -0.25) is 0 Å². The van der Waals surface area contributed by atoms with Gasteiger partial charge in [0, 0.05) is 6.61 Å². The van der Waals surface area contributed by atoms with Crippen molar-refractivity contribution < 1.29 is 38.6 Å². The Kier molecular flexibility index (Phi) is 16.1. The molecule has 0 aliphatic carbocycles. The largest absolute Gasteiger partial charge is 0.436 e. The van der Waals surface area contributed by atoms with E-state index in [0.717, 1.165) is 18.5 Å². The minimum absolute atomic E-state index is 0.0565. The summed E-state index contributed by atoms with van der Waals surface area (Å²) in [5.41, 5.74) is 0. The minimum atomic E-state index is -2.60. The Labute approximate surface area is 255 Å². The third kappa shape index (κ3) is 19.6. The van der Waals surface area contributed by atoms with Gasteiger partial charge >= 0.3 is 51.4 Å². The fourth-order valence-corrected chi connectivity index (χ4v) is 44.9. The van der Waals surface area contributed by atoms with Crippen molar-refractivity contribution in [2.24, 2.45) is 0 Å². The molecule has 0 aliphatic rings. The van der Waals surface area contributed by atoms with E-state index in [0.29, 0.717) is 13.2 Å². The lowest BCUT2D eigenvalue weighted by atomic mass is 10.5. The van der Waals surface area contributed by atoms with Gasteiger partial charge in [-0.2, -0.15) is 0 Å². The van der Waals surface area contributed by atoms with Crippen LogP contribution in [0.5, 0.6) is 0 Å². The molecule has 1 N–H and O–H groups in total. The van der Waals surface area contributed by atoms with Crippen LogP contribution in [0.3, 0.4) is 0 Å². The maximum absolute atomic E-state index is 8.88. The first-order valence-corrected chi connectivity index (χ1v) is 37.8. The Morgan fingerprint density at radius 2 is 0.725 bits per heavy atom. The fraction of sp³-hybridized carbons (Fsp3) is 1.00. The molecule has 0 saturated heterocycles. The molecule has 0 bridgehead atoms. The Morgan fingerprint density at radius 3 is 1.02 bits per heavy atom. The van der Waals surface area contributed by atoms with E-state index < -0.39 is 68.0 Å². The quantitative estimate of drug-likeness (QED) is 0.0987. The molecule has 0 aromatic carbocycles. The van der Waals surface area contributed by atoms with E-state index in [1.54, 1.807) is 0 Å². The Hall–Kier alpha value is 1.38. The summed E-state index contributed by atoms with van der Waals surface area (Å²) < 4.78 is 52.1. The minimum Gasteiger partial charge on any atom is -0.436 e. The smallest absolute Gasteiger partial charge is 0.314 e. The van der Waals surface area contributed by atoms with Gasteiger partial charge < -0.3 is 38.6 Å². The number of ether oxygens (including phenoxy) is 1. The van der Waals surface area contributed by atoms with Crippen LogP contribution in [-0.4, -0.2) is 92.9 Å². The molecule has 0 rings (SSSR count). The summed E-state index contributed by atoms with van der Waals surface area (Å²) in [6.07, 6.45) is 0.919. The van der Waals surface area contributed by atoms with Crippen LogP contribution >= 0.6 is 0 Å². The van der Waals surface area contributed by atoms with Crippen molar-refractivity contribution in [3.63, 3.8) is 0 Å². The van der Waals surface area contributed by atoms with Crippen molar-refractivity contribution >= 4 is 68.0 Å². The summed E-state index contributed by atoms with van der Waals surface area (Å²) in [4.78, 5) is 0. The van der Waals surface area contributed by atoms with Gasteiger partial charge in [0.05, 0.1) is 13.2 Å². The van der Waals surface area contributed by atoms with Crippen LogP contribution in [0.2, 0.25) is 117 Å². The first kappa shape index (κ1) is 41.4. The zero-order chi connectivity index (χ0) is 31.9. The van der Waals surface area contributed by atoms with Crippen molar-refractivity contribution in [3.8, 4) is 0 Å². The predicted molar refractivity (Wildman–Crippen MR) is 185 cm³/mol. The SMILES string of the molecule is CC[Si](C)(C)O[Si](C)(C)O[Si](C)(C)O[Si](C)(C)O[Si](C)(C)O[Si](C)(C)O[Si](C)(C)O[Si](C)(C)CCCOCCO. The number of rotatable bonds is 21. The summed E-state index contributed by atoms with van der Waals surface area (Å²) in [6, 6.07) is 2.04. The Bertz CT molecular complexity index is 763. The lowest BCUT2D eigenvalue weighted by Gasteiger charge is -2.44. The first-order valence-electron chi connectivity index (χ1n) is 14.7. The molecular weight excluding hydrogens is 645 g/mol. The second kappa shape index (κ2) is 15.6. The predicted octanol–water partition coefficient (Wildman–Crippen LogP) is 7.14. The molecule has 0 amide bonds. The van der Waals surface area contributed by atoms with Gasteiger partial charge in [-0.25, -0.2) is 0 Å². The molecule has 9 nitrogen and oxygen atoms in total. The second-order valence-electron chi connectivity index (χ2n) is 14.4. The highest BCUT2D eigenvalue weighted by Crippen LogP contribution is 2.30. The molecule has 0 unspecified atom stereocenters. The van der Waals surface area contributed by atoms with Gasteiger partial charge in [-0.15, -0.1) is 0 Å². The third-order valence-electron chi connectivity index (χ3n) is 5.66. The van der Waals surface area contributed by atoms with E-state index >= 15 is 0 Å². The number of aliphatic hydroxyl groups excluding tert-OH is 1. The lowest BCUT2D eigenvalue weighted by molar-refractivity contribution is 0.0923. The normalized spacial score (nSPS) is 15.2. The number of hydrogen-bond donors (Lipinski definition) is 1. The van der Waals surface area contributed by atoms with Crippen LogP contribution < -0.4 is 0 Å². The molecule has 0 radical (unpaired) electrons. The maximum Gasteiger partial charge on any atom is 0.314 e. The van der Waals surface area contributed by atoms with Crippen LogP contribution in [0.1, 0.15) is 13.3 Å². The average Bonchev–Trinajstić information content (AvgIpc) is 2.60. The summed E-state index contributed by atoms with van der Waals surface area (Å²) in [5.74, 6) is 0. The summed E-state index contributed by atoms with van der Waals surface area (Å²) in [5, 5.41) is 8.88. The van der Waals surface area contributed by atoms with Gasteiger partial charge in [0.2, 0.25) is 0 Å². The maximum atomic E-state index is 8.88. The van der Waals surface area contributed by atoms with Crippen LogP contribution in [0.15, 0.2) is 0 Å². The van der Waals surface area contributed by atoms with Crippen molar-refractivity contribution in [1.82, 2.24) is 0 Å². The summed E-state index contributed by atoms with van der Waals surface area (Å²) in [6.45, 7) is 37.4. The van der Waals surface area contributed by atoms with E-state index in [4.69, 9.17) is 38.6 Å². The van der Waals surface area contributed by atoms with E-state index in [2.05, 4.69) is 112 Å². The van der Waals surface area contributed by atoms with E-state index in [9.17, 15) is 0 Å². The molecule has 0 aromatic rings. The van der Waals surface area contributed by atoms with Gasteiger partial charge in [0.15, 0.2) is 16.6 Å². The van der Waals surface area contributed by atoms with Crippen molar-refractivity contribution in [3.05, 3.63) is 0 Å². The topological polar surface area (TPSA) is 94.1 Å². The van der Waals surface area contributed by atoms with Crippen LogP contribution in [0.25, 0.3) is 0 Å². The molecule has 40 heavy (non-hydrogen) atoms. The molecule has 0 atom stereocenters. The van der Waals surface area contributed by atoms with Crippen molar-refractivity contribution in [1.29, 1.82) is 0 Å². The molecule has 0 fully saturated rings. The average molecular weight is 709 g/mol. The molecule has 0 aliphatic heterocycles. The first-order chi connectivity index (χ1) is 17.6. The molecule has 242 valence electrons. The van der Waals surface area contributed by atoms with Crippen molar-refractivity contribution in [2.75, 3.05) is 19.8 Å². The van der Waals surface area contributed by atoms with Crippen LogP contribution in [0, 0.1) is 0 Å². The second-order valence-corrected chi connectivity index (χ2v) is 45.2. The molecule has 0 aromatic heterocycles. The standard InChI is InChI=1S/C23H64O9Si8/c1-18-33(2,3)26-35(6,7)28-37(10,11)30-39(14,15)32-40(16,17)31-38(12,13)29-36(8,9)27-34(4,5)23-19-21-25-22-20-24/h24H,18-23H2,1-17H3. The van der Waals surface area contributed by atoms with Gasteiger partial charge in [-0.05, 0) is 123 Å². The Morgan fingerprint density at radius 1 is 0.425 bits per heavy atom. The summed E-state index contributed by atoms with van der Waals surface area (Å²) in [7, 11) is -18.8. The molecule has 0 heterocycles. The molecule has 0 saturated carbocycles. The van der Waals surface area contributed by atoms with E-state index in [1.807, 2.05) is 0 Å². The summed E-state index contributed by atoms with van der Waals surface area (Å²) >= 11 is 0. The number of hydrogen-bond acceptors (Lipinski definition) is 9. The van der Waals surface area contributed by atoms with Gasteiger partial charge in [0.1, 0.15) is 0 Å². The fourth-order valence-electron chi connectivity index (χ4n) is 5.31. The Balaban J connectivity index is 5.22. The number of aliphatic hydroxyl groups is 1. The highest BCUT2D eigenvalue weighted by molar-refractivity contribution is 6.92. The van der Waals surface area contributed by atoms with E-state index in [1.165, 1.54) is 0 Å². The lowest BCUT2D eigenvalue weighted by Crippen LogP contribution is -2.61. The molecule has 17 heteroatoms. The van der Waals surface area contributed by atoms with Crippen LogP contribution in [-0.2, 0) is 33.5 Å². The van der Waals surface area contributed by atoms with Crippen molar-refractivity contribution in [2.45, 2.75) is 130 Å². The zero-order valence-electron chi connectivity index (χ0n) is 29.0. The highest BCUT2D eigenvalue weighted by atomic mass is 28.5. The monoisotopic (exact) mass is 708 g/mol. The van der Waals surface area contributed by atoms with Gasteiger partial charge in [-0.1, -0.05) is 6.92 Å². The van der Waals surface area contributed by atoms with Gasteiger partial charge in [0.25, 0.3) is 0 Å². The highest BCUT2D eigenvalue weighted by Gasteiger charge is 2.49. The molecular formula is C23H64O9Si8. The third-order valence-corrected chi connectivity index (χ3v) is 36.9. The zero-order valence-corrected chi connectivity index (χ0v) is 37.0.